The second kappa shape index (κ2) is 4.67. The number of hydrogen-bond acceptors (Lipinski definition) is 2. The summed E-state index contributed by atoms with van der Waals surface area (Å²) < 4.78 is 37.8. The maximum absolute atomic E-state index is 12.6. The van der Waals surface area contributed by atoms with Crippen molar-refractivity contribution >= 4 is 0 Å². The van der Waals surface area contributed by atoms with Crippen molar-refractivity contribution in [1.29, 1.82) is 0 Å². The molecule has 0 aromatic carbocycles. The van der Waals surface area contributed by atoms with E-state index in [9.17, 15) is 13.2 Å². The number of halogens is 3. The number of rotatable bonds is 6. The standard InChI is InChI=1S/C13H21F3N2/c14-13(15,16)8-18(11-4-5-11)12-6-1-9(12)7-17-10-2-3-10/h9-12,17H,1-8H2. The average Bonchev–Trinajstić information content (AvgIpc) is 3.09. The molecule has 0 amide bonds. The van der Waals surface area contributed by atoms with Crippen molar-refractivity contribution in [2.24, 2.45) is 5.92 Å². The molecular formula is C13H21F3N2. The molecule has 0 aliphatic heterocycles. The summed E-state index contributed by atoms with van der Waals surface area (Å²) in [4.78, 5) is 1.74. The second-order valence-electron chi connectivity index (χ2n) is 6.11. The summed E-state index contributed by atoms with van der Waals surface area (Å²) in [5.74, 6) is 0.438. The Morgan fingerprint density at radius 2 is 1.72 bits per heavy atom. The van der Waals surface area contributed by atoms with Crippen LogP contribution in [-0.4, -0.2) is 42.3 Å². The van der Waals surface area contributed by atoms with Crippen LogP contribution in [0.1, 0.15) is 38.5 Å². The van der Waals surface area contributed by atoms with E-state index in [2.05, 4.69) is 5.32 Å². The van der Waals surface area contributed by atoms with Gasteiger partial charge in [-0.3, -0.25) is 4.90 Å². The normalized spacial score (nSPS) is 32.7. The molecule has 3 rings (SSSR count). The van der Waals surface area contributed by atoms with Gasteiger partial charge in [-0.2, -0.15) is 13.2 Å². The fraction of sp³-hybridized carbons (Fsp3) is 1.00. The summed E-state index contributed by atoms with van der Waals surface area (Å²) in [6, 6.07) is 1.04. The fourth-order valence-corrected chi connectivity index (χ4v) is 2.96. The molecule has 104 valence electrons. The van der Waals surface area contributed by atoms with Gasteiger partial charge in [0.1, 0.15) is 0 Å². The SMILES string of the molecule is FC(F)(F)CN(C1CC1)C1CCC1CNC1CC1. The Morgan fingerprint density at radius 3 is 2.17 bits per heavy atom. The van der Waals surface area contributed by atoms with E-state index in [1.54, 1.807) is 4.90 Å². The molecule has 0 heterocycles. The van der Waals surface area contributed by atoms with Crippen LogP contribution in [0.3, 0.4) is 0 Å². The lowest BCUT2D eigenvalue weighted by molar-refractivity contribution is -0.160. The Kier molecular flexibility index (Phi) is 3.30. The Labute approximate surface area is 106 Å². The molecule has 5 heteroatoms. The Balaban J connectivity index is 1.52. The summed E-state index contributed by atoms with van der Waals surface area (Å²) in [7, 11) is 0. The van der Waals surface area contributed by atoms with Crippen molar-refractivity contribution in [3.05, 3.63) is 0 Å². The molecule has 1 N–H and O–H groups in total. The molecule has 0 radical (unpaired) electrons. The Hall–Kier alpha value is -0.290. The third kappa shape index (κ3) is 3.18. The van der Waals surface area contributed by atoms with Crippen LogP contribution in [0.25, 0.3) is 0 Å². The minimum absolute atomic E-state index is 0.172. The monoisotopic (exact) mass is 262 g/mol. The van der Waals surface area contributed by atoms with Crippen LogP contribution in [0.5, 0.6) is 0 Å². The summed E-state index contributed by atoms with van der Waals surface area (Å²) in [5, 5.41) is 3.46. The third-order valence-corrected chi connectivity index (χ3v) is 4.43. The molecule has 0 spiro atoms. The third-order valence-electron chi connectivity index (χ3n) is 4.43. The van der Waals surface area contributed by atoms with Gasteiger partial charge in [0.2, 0.25) is 0 Å². The molecule has 2 atom stereocenters. The van der Waals surface area contributed by atoms with E-state index in [-0.39, 0.29) is 12.1 Å². The Morgan fingerprint density at radius 1 is 1.00 bits per heavy atom. The largest absolute Gasteiger partial charge is 0.401 e. The first kappa shape index (κ1) is 12.7. The van der Waals surface area contributed by atoms with Gasteiger partial charge < -0.3 is 5.32 Å². The average molecular weight is 262 g/mol. The minimum Gasteiger partial charge on any atom is -0.314 e. The lowest BCUT2D eigenvalue weighted by atomic mass is 9.78. The molecule has 0 aromatic rings. The van der Waals surface area contributed by atoms with Crippen molar-refractivity contribution in [3.63, 3.8) is 0 Å². The molecule has 3 fully saturated rings. The van der Waals surface area contributed by atoms with Crippen molar-refractivity contribution < 1.29 is 13.2 Å². The maximum Gasteiger partial charge on any atom is 0.401 e. The first-order valence-corrected chi connectivity index (χ1v) is 7.09. The van der Waals surface area contributed by atoms with Gasteiger partial charge in [0.15, 0.2) is 0 Å². The van der Waals surface area contributed by atoms with Crippen LogP contribution in [0, 0.1) is 5.92 Å². The van der Waals surface area contributed by atoms with E-state index in [4.69, 9.17) is 0 Å². The van der Waals surface area contributed by atoms with Crippen molar-refractivity contribution in [2.45, 2.75) is 62.8 Å². The highest BCUT2D eigenvalue weighted by molar-refractivity contribution is 4.98. The topological polar surface area (TPSA) is 15.3 Å². The number of hydrogen-bond donors (Lipinski definition) is 1. The van der Waals surface area contributed by atoms with Gasteiger partial charge in [0, 0.05) is 18.1 Å². The summed E-state index contributed by atoms with van der Waals surface area (Å²) >= 11 is 0. The van der Waals surface area contributed by atoms with Gasteiger partial charge in [0.05, 0.1) is 6.54 Å². The van der Waals surface area contributed by atoms with E-state index >= 15 is 0 Å². The van der Waals surface area contributed by atoms with E-state index in [1.165, 1.54) is 12.8 Å². The van der Waals surface area contributed by atoms with Crippen LogP contribution in [-0.2, 0) is 0 Å². The highest BCUT2D eigenvalue weighted by atomic mass is 19.4. The molecule has 0 bridgehead atoms. The number of nitrogens with one attached hydrogen (secondary N) is 1. The summed E-state index contributed by atoms with van der Waals surface area (Å²) in [6.45, 7) is 0.207. The number of alkyl halides is 3. The second-order valence-corrected chi connectivity index (χ2v) is 6.11. The smallest absolute Gasteiger partial charge is 0.314 e. The lowest BCUT2D eigenvalue weighted by Crippen LogP contribution is -2.54. The molecule has 2 unspecified atom stereocenters. The van der Waals surface area contributed by atoms with Crippen LogP contribution < -0.4 is 5.32 Å². The molecule has 18 heavy (non-hydrogen) atoms. The summed E-state index contributed by atoms with van der Waals surface area (Å²) in [6.07, 6.45) is 2.38. The summed E-state index contributed by atoms with van der Waals surface area (Å²) in [5.41, 5.74) is 0. The van der Waals surface area contributed by atoms with E-state index in [1.807, 2.05) is 0 Å². The number of nitrogens with zero attached hydrogens (tertiary/aromatic N) is 1. The van der Waals surface area contributed by atoms with Crippen molar-refractivity contribution in [3.8, 4) is 0 Å². The van der Waals surface area contributed by atoms with Crippen molar-refractivity contribution in [2.75, 3.05) is 13.1 Å². The maximum atomic E-state index is 12.6. The van der Waals surface area contributed by atoms with Crippen LogP contribution in [0.15, 0.2) is 0 Å². The zero-order valence-corrected chi connectivity index (χ0v) is 10.5. The van der Waals surface area contributed by atoms with Gasteiger partial charge in [-0.1, -0.05) is 0 Å². The highest BCUT2D eigenvalue weighted by Crippen LogP contribution is 2.40. The van der Waals surface area contributed by atoms with Crippen LogP contribution in [0.2, 0.25) is 0 Å². The fourth-order valence-electron chi connectivity index (χ4n) is 2.96. The Bertz CT molecular complexity index is 297. The first-order valence-electron chi connectivity index (χ1n) is 7.09. The molecule has 0 aromatic heterocycles. The minimum atomic E-state index is -4.05. The van der Waals surface area contributed by atoms with Crippen LogP contribution >= 0.6 is 0 Å². The van der Waals surface area contributed by atoms with E-state index < -0.39 is 12.7 Å². The molecule has 3 saturated carbocycles. The van der Waals surface area contributed by atoms with Crippen LogP contribution in [0.4, 0.5) is 13.2 Å². The zero-order valence-electron chi connectivity index (χ0n) is 10.5. The molecule has 3 aliphatic carbocycles. The first-order chi connectivity index (χ1) is 8.53. The molecular weight excluding hydrogens is 241 g/mol. The predicted octanol–water partition coefficient (Wildman–Crippen LogP) is 2.54. The molecule has 3 aliphatic rings. The molecule has 2 nitrogen and oxygen atoms in total. The molecule has 0 saturated heterocycles. The zero-order chi connectivity index (χ0) is 12.8. The van der Waals surface area contributed by atoms with Gasteiger partial charge in [0.25, 0.3) is 0 Å². The quantitative estimate of drug-likeness (QED) is 0.791. The lowest BCUT2D eigenvalue weighted by Gasteiger charge is -2.45. The van der Waals surface area contributed by atoms with E-state index in [0.717, 1.165) is 32.2 Å². The van der Waals surface area contributed by atoms with Gasteiger partial charge >= 0.3 is 6.18 Å². The van der Waals surface area contributed by atoms with E-state index in [0.29, 0.717) is 12.0 Å². The highest BCUT2D eigenvalue weighted by Gasteiger charge is 2.46. The van der Waals surface area contributed by atoms with Gasteiger partial charge in [-0.15, -0.1) is 0 Å². The van der Waals surface area contributed by atoms with Gasteiger partial charge in [-0.25, -0.2) is 0 Å². The van der Waals surface area contributed by atoms with Crippen molar-refractivity contribution in [1.82, 2.24) is 10.2 Å². The van der Waals surface area contributed by atoms with Gasteiger partial charge in [-0.05, 0) is 51.0 Å². The predicted molar refractivity (Wildman–Crippen MR) is 63.3 cm³/mol.